The lowest BCUT2D eigenvalue weighted by atomic mass is 9.98. The standard InChI is InChI=1S/C22H29N2O4P/c23-12-5-4-11-22(21(25)26)17-24(13-14-29(22,27)28)16-18-7-6-10-20(15-18)19-8-2-1-3-9-19/h1-3,6-10,15H,4-5,11-14,16-17,23H2,(H,25,26)(H,27,28). The maximum Gasteiger partial charge on any atom is 0.320 e. The lowest BCUT2D eigenvalue weighted by molar-refractivity contribution is -0.141. The molecule has 0 saturated carbocycles. The van der Waals surface area contributed by atoms with Gasteiger partial charge in [-0.1, -0.05) is 55.0 Å². The number of aliphatic carboxylic acids is 1. The van der Waals surface area contributed by atoms with Gasteiger partial charge in [0.05, 0.1) is 0 Å². The van der Waals surface area contributed by atoms with E-state index < -0.39 is 18.5 Å². The molecule has 1 fully saturated rings. The first-order chi connectivity index (χ1) is 13.9. The van der Waals surface area contributed by atoms with Gasteiger partial charge in [0, 0.05) is 25.8 Å². The van der Waals surface area contributed by atoms with Crippen molar-refractivity contribution >= 4 is 13.3 Å². The van der Waals surface area contributed by atoms with E-state index in [1.165, 1.54) is 0 Å². The van der Waals surface area contributed by atoms with Crippen molar-refractivity contribution in [2.24, 2.45) is 5.73 Å². The lowest BCUT2D eigenvalue weighted by Gasteiger charge is -2.43. The van der Waals surface area contributed by atoms with Gasteiger partial charge in [0.2, 0.25) is 7.37 Å². The molecule has 0 radical (unpaired) electrons. The second kappa shape index (κ2) is 9.23. The van der Waals surface area contributed by atoms with Crippen molar-refractivity contribution in [3.05, 3.63) is 60.2 Å². The summed E-state index contributed by atoms with van der Waals surface area (Å²) >= 11 is 0. The Bertz CT molecular complexity index is 889. The molecule has 7 heteroatoms. The highest BCUT2D eigenvalue weighted by atomic mass is 31.2. The number of hydrogen-bond acceptors (Lipinski definition) is 4. The van der Waals surface area contributed by atoms with Crippen LogP contribution in [0.15, 0.2) is 54.6 Å². The molecule has 29 heavy (non-hydrogen) atoms. The van der Waals surface area contributed by atoms with Crippen molar-refractivity contribution < 1.29 is 19.4 Å². The Labute approximate surface area is 171 Å². The van der Waals surface area contributed by atoms with Crippen LogP contribution in [-0.4, -0.2) is 51.8 Å². The normalized spacial score (nSPS) is 25.0. The molecule has 2 aromatic carbocycles. The average molecular weight is 416 g/mol. The zero-order chi connectivity index (χ0) is 20.9. The molecular weight excluding hydrogens is 387 g/mol. The first-order valence-corrected chi connectivity index (χ1v) is 11.8. The monoisotopic (exact) mass is 416 g/mol. The highest BCUT2D eigenvalue weighted by Gasteiger charge is 2.56. The zero-order valence-electron chi connectivity index (χ0n) is 16.5. The van der Waals surface area contributed by atoms with E-state index in [1.54, 1.807) is 0 Å². The van der Waals surface area contributed by atoms with Crippen molar-refractivity contribution in [2.75, 3.05) is 25.8 Å². The molecule has 6 nitrogen and oxygen atoms in total. The van der Waals surface area contributed by atoms with Gasteiger partial charge in [0.15, 0.2) is 5.16 Å². The number of rotatable bonds is 8. The summed E-state index contributed by atoms with van der Waals surface area (Å²) in [5.74, 6) is -1.18. The molecule has 1 heterocycles. The van der Waals surface area contributed by atoms with E-state index in [1.807, 2.05) is 41.3 Å². The predicted molar refractivity (Wildman–Crippen MR) is 115 cm³/mol. The number of benzene rings is 2. The van der Waals surface area contributed by atoms with Crippen LogP contribution in [0.4, 0.5) is 0 Å². The molecule has 0 amide bonds. The van der Waals surface area contributed by atoms with Crippen LogP contribution in [0.1, 0.15) is 24.8 Å². The van der Waals surface area contributed by atoms with Gasteiger partial charge in [-0.15, -0.1) is 0 Å². The molecule has 3 rings (SSSR count). The highest BCUT2D eigenvalue weighted by Crippen LogP contribution is 2.59. The van der Waals surface area contributed by atoms with E-state index in [0.717, 1.165) is 16.7 Å². The molecule has 2 unspecified atom stereocenters. The van der Waals surface area contributed by atoms with Crippen molar-refractivity contribution in [3.8, 4) is 11.1 Å². The van der Waals surface area contributed by atoms with E-state index >= 15 is 0 Å². The van der Waals surface area contributed by atoms with Crippen LogP contribution in [0.3, 0.4) is 0 Å². The molecular formula is C22H29N2O4P. The largest absolute Gasteiger partial charge is 0.480 e. The molecule has 0 aromatic heterocycles. The summed E-state index contributed by atoms with van der Waals surface area (Å²) in [6.45, 7) is 1.49. The van der Waals surface area contributed by atoms with Gasteiger partial charge in [-0.25, -0.2) is 0 Å². The minimum Gasteiger partial charge on any atom is -0.480 e. The van der Waals surface area contributed by atoms with Crippen LogP contribution in [0, 0.1) is 0 Å². The third-order valence-electron chi connectivity index (χ3n) is 5.76. The Kier molecular flexibility index (Phi) is 6.91. The minimum atomic E-state index is -3.81. The zero-order valence-corrected chi connectivity index (χ0v) is 17.4. The smallest absolute Gasteiger partial charge is 0.320 e. The van der Waals surface area contributed by atoms with E-state index in [9.17, 15) is 19.4 Å². The molecule has 1 saturated heterocycles. The van der Waals surface area contributed by atoms with Crippen LogP contribution in [-0.2, 0) is 15.9 Å². The van der Waals surface area contributed by atoms with Crippen LogP contribution in [0.25, 0.3) is 11.1 Å². The van der Waals surface area contributed by atoms with Crippen molar-refractivity contribution in [1.29, 1.82) is 0 Å². The third-order valence-corrected chi connectivity index (χ3v) is 8.46. The number of nitrogens with zero attached hydrogens (tertiary/aromatic N) is 1. The van der Waals surface area contributed by atoms with Crippen LogP contribution in [0.2, 0.25) is 0 Å². The van der Waals surface area contributed by atoms with Gasteiger partial charge in [0.25, 0.3) is 0 Å². The van der Waals surface area contributed by atoms with Gasteiger partial charge in [-0.05, 0) is 42.1 Å². The van der Waals surface area contributed by atoms with Crippen molar-refractivity contribution in [2.45, 2.75) is 31.0 Å². The topological polar surface area (TPSA) is 104 Å². The summed E-state index contributed by atoms with van der Waals surface area (Å²) in [5, 5.41) is 8.30. The summed E-state index contributed by atoms with van der Waals surface area (Å²) in [5.41, 5.74) is 8.81. The van der Waals surface area contributed by atoms with Gasteiger partial charge >= 0.3 is 5.97 Å². The Balaban J connectivity index is 1.80. The van der Waals surface area contributed by atoms with Gasteiger partial charge in [0.1, 0.15) is 0 Å². The van der Waals surface area contributed by atoms with E-state index in [4.69, 9.17) is 5.73 Å². The molecule has 0 aliphatic carbocycles. The molecule has 0 bridgehead atoms. The average Bonchev–Trinajstić information content (AvgIpc) is 2.71. The van der Waals surface area contributed by atoms with Crippen molar-refractivity contribution in [3.63, 3.8) is 0 Å². The fourth-order valence-corrected chi connectivity index (χ4v) is 6.27. The van der Waals surface area contributed by atoms with Gasteiger partial charge in [-0.3, -0.25) is 14.3 Å². The van der Waals surface area contributed by atoms with E-state index in [-0.39, 0.29) is 19.1 Å². The Morgan fingerprint density at radius 3 is 2.52 bits per heavy atom. The summed E-state index contributed by atoms with van der Waals surface area (Å²) in [6, 6.07) is 18.2. The second-order valence-corrected chi connectivity index (χ2v) is 10.5. The van der Waals surface area contributed by atoms with Crippen molar-refractivity contribution in [1.82, 2.24) is 4.90 Å². The summed E-state index contributed by atoms with van der Waals surface area (Å²) in [4.78, 5) is 24.7. The van der Waals surface area contributed by atoms with Gasteiger partial charge in [-0.2, -0.15) is 0 Å². The molecule has 1 aliphatic heterocycles. The van der Waals surface area contributed by atoms with E-state index in [2.05, 4.69) is 18.2 Å². The Morgan fingerprint density at radius 1 is 1.10 bits per heavy atom. The fraction of sp³-hybridized carbons (Fsp3) is 0.409. The quantitative estimate of drug-likeness (QED) is 0.450. The maximum atomic E-state index is 12.9. The Hall–Kier alpha value is -1.98. The van der Waals surface area contributed by atoms with E-state index in [0.29, 0.717) is 32.5 Å². The third kappa shape index (κ3) is 4.78. The number of carbonyl (C=O) groups is 1. The lowest BCUT2D eigenvalue weighted by Crippen LogP contribution is -2.53. The molecule has 4 N–H and O–H groups in total. The Morgan fingerprint density at radius 2 is 1.83 bits per heavy atom. The van der Waals surface area contributed by atoms with Crippen LogP contribution >= 0.6 is 7.37 Å². The summed E-state index contributed by atoms with van der Waals surface area (Å²) < 4.78 is 12.9. The molecule has 0 spiro atoms. The second-order valence-electron chi connectivity index (χ2n) is 7.78. The highest BCUT2D eigenvalue weighted by molar-refractivity contribution is 7.61. The number of carboxylic acid groups (broad SMARTS) is 1. The van der Waals surface area contributed by atoms with Gasteiger partial charge < -0.3 is 15.7 Å². The number of nitrogens with two attached hydrogens (primary N) is 1. The fourth-order valence-electron chi connectivity index (χ4n) is 4.06. The molecule has 2 aromatic rings. The maximum absolute atomic E-state index is 12.9. The summed E-state index contributed by atoms with van der Waals surface area (Å²) in [6.07, 6.45) is 1.35. The number of carboxylic acids is 1. The first kappa shape index (κ1) is 21.7. The first-order valence-electron chi connectivity index (χ1n) is 10.00. The number of unbranched alkanes of at least 4 members (excludes halogenated alkanes) is 1. The predicted octanol–water partition coefficient (Wildman–Crippen LogP) is 3.39. The molecule has 156 valence electrons. The number of hydrogen-bond donors (Lipinski definition) is 3. The van der Waals surface area contributed by atoms with Crippen LogP contribution < -0.4 is 5.73 Å². The SMILES string of the molecule is NCCCCC1(C(=O)O)CN(Cc2cccc(-c3ccccc3)c2)CCP1(=O)O. The van der Waals surface area contributed by atoms with Crippen LogP contribution in [0.5, 0.6) is 0 Å². The summed E-state index contributed by atoms with van der Waals surface area (Å²) in [7, 11) is -3.81. The molecule has 1 aliphatic rings. The minimum absolute atomic E-state index is 0.000299. The molecule has 2 atom stereocenters.